The van der Waals surface area contributed by atoms with Crippen molar-refractivity contribution in [1.82, 2.24) is 14.7 Å². The summed E-state index contributed by atoms with van der Waals surface area (Å²) in [5, 5.41) is 3.19. The summed E-state index contributed by atoms with van der Waals surface area (Å²) in [6, 6.07) is 18.8. The molecule has 1 amide bonds. The van der Waals surface area contributed by atoms with E-state index in [9.17, 15) is 4.79 Å². The monoisotopic (exact) mass is 406 g/mol. The lowest BCUT2D eigenvalue weighted by Gasteiger charge is -2.43. The Bertz CT molecular complexity index is 832. The Kier molecular flexibility index (Phi) is 6.82. The average molecular weight is 407 g/mol. The van der Waals surface area contributed by atoms with Crippen LogP contribution in [0.1, 0.15) is 19.8 Å². The molecule has 160 valence electrons. The maximum absolute atomic E-state index is 13.0. The number of rotatable bonds is 5. The summed E-state index contributed by atoms with van der Waals surface area (Å²) >= 11 is 0. The predicted molar refractivity (Wildman–Crippen MR) is 124 cm³/mol. The van der Waals surface area contributed by atoms with E-state index in [4.69, 9.17) is 0 Å². The first-order valence-corrected chi connectivity index (χ1v) is 11.2. The van der Waals surface area contributed by atoms with Crippen LogP contribution in [0, 0.1) is 0 Å². The number of carbonyl (C=O) groups is 1. The first-order valence-electron chi connectivity index (χ1n) is 11.2. The molecule has 0 radical (unpaired) electrons. The zero-order valence-electron chi connectivity index (χ0n) is 18.3. The van der Waals surface area contributed by atoms with Crippen LogP contribution >= 0.6 is 0 Å². The minimum absolute atomic E-state index is 0.0734. The van der Waals surface area contributed by atoms with Gasteiger partial charge in [-0.15, -0.1) is 0 Å². The molecule has 0 spiro atoms. The zero-order chi connectivity index (χ0) is 20.9. The lowest BCUT2D eigenvalue weighted by Crippen LogP contribution is -2.57. The molecule has 2 fully saturated rings. The Morgan fingerprint density at radius 2 is 1.67 bits per heavy atom. The van der Waals surface area contributed by atoms with Crippen molar-refractivity contribution in [3.63, 3.8) is 0 Å². The van der Waals surface area contributed by atoms with Gasteiger partial charge in [-0.05, 0) is 45.0 Å². The van der Waals surface area contributed by atoms with Crippen LogP contribution < -0.4 is 5.32 Å². The fourth-order valence-electron chi connectivity index (χ4n) is 4.79. The number of piperidine rings is 1. The molecule has 5 nitrogen and oxygen atoms in total. The SMILES string of the molecule is CC(C(=O)Nc1ccccc1-c1ccccc1)N1CCN(C2CCCN(C)C2)CC1. The van der Waals surface area contributed by atoms with E-state index >= 15 is 0 Å². The second kappa shape index (κ2) is 9.73. The Hall–Kier alpha value is -2.21. The Morgan fingerprint density at radius 3 is 2.40 bits per heavy atom. The van der Waals surface area contributed by atoms with E-state index in [1.807, 2.05) is 43.3 Å². The molecule has 1 N–H and O–H groups in total. The first kappa shape index (κ1) is 21.0. The standard InChI is InChI=1S/C25H34N4O/c1-20(28-15-17-29(18-16-28)22-11-8-14-27(2)19-22)25(30)26-24-13-7-6-12-23(24)21-9-4-3-5-10-21/h3-7,9-10,12-13,20,22H,8,11,14-19H2,1-2H3,(H,26,30). The highest BCUT2D eigenvalue weighted by molar-refractivity contribution is 5.98. The number of benzene rings is 2. The van der Waals surface area contributed by atoms with Crippen molar-refractivity contribution in [3.8, 4) is 11.1 Å². The number of anilines is 1. The lowest BCUT2D eigenvalue weighted by atomic mass is 10.0. The minimum Gasteiger partial charge on any atom is -0.324 e. The van der Waals surface area contributed by atoms with Gasteiger partial charge in [-0.25, -0.2) is 0 Å². The van der Waals surface area contributed by atoms with Crippen molar-refractivity contribution in [2.24, 2.45) is 0 Å². The second-order valence-corrected chi connectivity index (χ2v) is 8.71. The van der Waals surface area contributed by atoms with Crippen LogP contribution in [0.25, 0.3) is 11.1 Å². The van der Waals surface area contributed by atoms with Gasteiger partial charge in [0.05, 0.1) is 6.04 Å². The van der Waals surface area contributed by atoms with Gasteiger partial charge >= 0.3 is 0 Å². The number of hydrogen-bond acceptors (Lipinski definition) is 4. The van der Waals surface area contributed by atoms with Gasteiger partial charge in [0.1, 0.15) is 0 Å². The van der Waals surface area contributed by atoms with Crippen LogP contribution in [0.4, 0.5) is 5.69 Å². The molecule has 2 aliphatic heterocycles. The van der Waals surface area contributed by atoms with Crippen molar-refractivity contribution >= 4 is 11.6 Å². The minimum atomic E-state index is -0.134. The smallest absolute Gasteiger partial charge is 0.241 e. The molecule has 0 aromatic heterocycles. The lowest BCUT2D eigenvalue weighted by molar-refractivity contribution is -0.121. The van der Waals surface area contributed by atoms with Crippen molar-refractivity contribution in [3.05, 3.63) is 54.6 Å². The third-order valence-corrected chi connectivity index (χ3v) is 6.66. The predicted octanol–water partition coefficient (Wildman–Crippen LogP) is 3.39. The highest BCUT2D eigenvalue weighted by Crippen LogP contribution is 2.28. The summed E-state index contributed by atoms with van der Waals surface area (Å²) in [4.78, 5) is 20.4. The van der Waals surface area contributed by atoms with Crippen LogP contribution in [0.3, 0.4) is 0 Å². The van der Waals surface area contributed by atoms with Gasteiger partial charge < -0.3 is 10.2 Å². The Labute approximate surface area is 180 Å². The van der Waals surface area contributed by atoms with E-state index < -0.39 is 0 Å². The molecule has 2 aliphatic rings. The normalized spacial score (nSPS) is 22.5. The van der Waals surface area contributed by atoms with Crippen LogP contribution in [0.2, 0.25) is 0 Å². The molecular formula is C25H34N4O. The maximum atomic E-state index is 13.0. The quantitative estimate of drug-likeness (QED) is 0.826. The molecule has 2 aromatic rings. The summed E-state index contributed by atoms with van der Waals surface area (Å²) in [7, 11) is 2.22. The highest BCUT2D eigenvalue weighted by Gasteiger charge is 2.30. The summed E-state index contributed by atoms with van der Waals surface area (Å²) in [5.41, 5.74) is 3.06. The van der Waals surface area contributed by atoms with Crippen molar-refractivity contribution < 1.29 is 4.79 Å². The number of carbonyl (C=O) groups excluding carboxylic acids is 1. The number of para-hydroxylation sites is 1. The number of nitrogens with one attached hydrogen (secondary N) is 1. The molecule has 2 aromatic carbocycles. The summed E-state index contributed by atoms with van der Waals surface area (Å²) < 4.78 is 0. The molecule has 4 rings (SSSR count). The number of hydrogen-bond donors (Lipinski definition) is 1. The molecule has 0 aliphatic carbocycles. The third kappa shape index (κ3) is 4.91. The molecule has 2 unspecified atom stereocenters. The number of likely N-dealkylation sites (N-methyl/N-ethyl adjacent to an activating group) is 1. The fraction of sp³-hybridized carbons (Fsp3) is 0.480. The van der Waals surface area contributed by atoms with Crippen LogP contribution in [-0.4, -0.2) is 79.0 Å². The molecule has 30 heavy (non-hydrogen) atoms. The molecule has 5 heteroatoms. The fourth-order valence-corrected chi connectivity index (χ4v) is 4.79. The van der Waals surface area contributed by atoms with Gasteiger partial charge in [0, 0.05) is 50.0 Å². The van der Waals surface area contributed by atoms with Gasteiger partial charge in [0.2, 0.25) is 5.91 Å². The number of nitrogens with zero attached hydrogens (tertiary/aromatic N) is 3. The topological polar surface area (TPSA) is 38.8 Å². The largest absolute Gasteiger partial charge is 0.324 e. The van der Waals surface area contributed by atoms with Crippen molar-refractivity contribution in [2.45, 2.75) is 31.8 Å². The van der Waals surface area contributed by atoms with Crippen molar-refractivity contribution in [1.29, 1.82) is 0 Å². The van der Waals surface area contributed by atoms with Gasteiger partial charge in [-0.1, -0.05) is 48.5 Å². The van der Waals surface area contributed by atoms with Gasteiger partial charge in [0.15, 0.2) is 0 Å². The summed E-state index contributed by atoms with van der Waals surface area (Å²) in [6.45, 7) is 8.44. The van der Waals surface area contributed by atoms with Crippen LogP contribution in [-0.2, 0) is 4.79 Å². The molecule has 2 atom stereocenters. The Morgan fingerprint density at radius 1 is 0.967 bits per heavy atom. The number of likely N-dealkylation sites (tertiary alicyclic amines) is 1. The molecule has 0 saturated carbocycles. The first-order chi connectivity index (χ1) is 14.6. The van der Waals surface area contributed by atoms with Crippen molar-refractivity contribution in [2.75, 3.05) is 51.6 Å². The van der Waals surface area contributed by atoms with E-state index in [0.29, 0.717) is 6.04 Å². The third-order valence-electron chi connectivity index (χ3n) is 6.66. The van der Waals surface area contributed by atoms with E-state index in [-0.39, 0.29) is 11.9 Å². The van der Waals surface area contributed by atoms with E-state index in [1.165, 1.54) is 25.9 Å². The maximum Gasteiger partial charge on any atom is 0.241 e. The second-order valence-electron chi connectivity index (χ2n) is 8.71. The number of piperazine rings is 1. The highest BCUT2D eigenvalue weighted by atomic mass is 16.2. The zero-order valence-corrected chi connectivity index (χ0v) is 18.3. The Balaban J connectivity index is 1.35. The number of amides is 1. The van der Waals surface area contributed by atoms with Crippen LogP contribution in [0.5, 0.6) is 0 Å². The summed E-state index contributed by atoms with van der Waals surface area (Å²) in [5.74, 6) is 0.0734. The molecule has 2 saturated heterocycles. The van der Waals surface area contributed by atoms with E-state index in [2.05, 4.69) is 45.3 Å². The molecule has 0 bridgehead atoms. The average Bonchev–Trinajstić information content (AvgIpc) is 2.79. The van der Waals surface area contributed by atoms with E-state index in [1.54, 1.807) is 0 Å². The molecular weight excluding hydrogens is 372 g/mol. The van der Waals surface area contributed by atoms with Gasteiger partial charge in [-0.2, -0.15) is 0 Å². The van der Waals surface area contributed by atoms with Crippen LogP contribution in [0.15, 0.2) is 54.6 Å². The van der Waals surface area contributed by atoms with E-state index in [0.717, 1.165) is 43.0 Å². The van der Waals surface area contributed by atoms with Gasteiger partial charge in [0.25, 0.3) is 0 Å². The molecule has 2 heterocycles. The van der Waals surface area contributed by atoms with Gasteiger partial charge in [-0.3, -0.25) is 14.6 Å². The summed E-state index contributed by atoms with van der Waals surface area (Å²) in [6.07, 6.45) is 2.59.